The highest BCUT2D eigenvalue weighted by Gasteiger charge is 2.19. The number of nitrogens with one attached hydrogen (secondary N) is 2. The molecule has 2 N–H and O–H groups in total. The number of sulfonamides is 1. The first-order chi connectivity index (χ1) is 10.1. The van der Waals surface area contributed by atoms with Crippen molar-refractivity contribution in [3.05, 3.63) is 41.1 Å². The van der Waals surface area contributed by atoms with Crippen molar-refractivity contribution in [3.8, 4) is 0 Å². The number of H-pyrrole nitrogens is 1. The van der Waals surface area contributed by atoms with Gasteiger partial charge in [0, 0.05) is 5.56 Å². The van der Waals surface area contributed by atoms with Crippen LogP contribution in [0.15, 0.2) is 29.3 Å². The van der Waals surface area contributed by atoms with Crippen LogP contribution in [-0.4, -0.2) is 18.6 Å². The molecule has 0 saturated carbocycles. The zero-order chi connectivity index (χ0) is 14.9. The zero-order valence-corrected chi connectivity index (χ0v) is 12.8. The van der Waals surface area contributed by atoms with Gasteiger partial charge in [-0.1, -0.05) is 13.0 Å². The van der Waals surface area contributed by atoms with Gasteiger partial charge in [-0.05, 0) is 55.4 Å². The summed E-state index contributed by atoms with van der Waals surface area (Å²) in [5, 5.41) is 6.59. The molecule has 0 unspecified atom stereocenters. The highest BCUT2D eigenvalue weighted by atomic mass is 32.2. The Labute approximate surface area is 124 Å². The molecule has 3 rings (SSSR count). The molecule has 2 aromatic rings. The van der Waals surface area contributed by atoms with E-state index < -0.39 is 10.0 Å². The number of nitrogens with zero attached hydrogens (tertiary/aromatic N) is 1. The lowest BCUT2D eigenvalue weighted by atomic mass is 9.92. The molecular weight excluding hydrogens is 286 g/mol. The fourth-order valence-corrected chi connectivity index (χ4v) is 3.85. The van der Waals surface area contributed by atoms with Crippen LogP contribution in [-0.2, 0) is 29.3 Å². The Balaban J connectivity index is 1.91. The molecule has 6 heteroatoms. The second-order valence-electron chi connectivity index (χ2n) is 5.37. The minimum Gasteiger partial charge on any atom is -0.264 e. The third-order valence-electron chi connectivity index (χ3n) is 3.97. The number of hydrogen-bond acceptors (Lipinski definition) is 3. The van der Waals surface area contributed by atoms with Gasteiger partial charge in [0.15, 0.2) is 0 Å². The fourth-order valence-electron chi connectivity index (χ4n) is 2.74. The minimum absolute atomic E-state index is 0.319. The van der Waals surface area contributed by atoms with E-state index in [1.807, 2.05) is 13.0 Å². The summed E-state index contributed by atoms with van der Waals surface area (Å²) in [6.07, 6.45) is 6.69. The molecule has 0 radical (unpaired) electrons. The Kier molecular flexibility index (Phi) is 3.71. The van der Waals surface area contributed by atoms with Crippen molar-refractivity contribution in [2.24, 2.45) is 0 Å². The second-order valence-corrected chi connectivity index (χ2v) is 7.05. The lowest BCUT2D eigenvalue weighted by Gasteiger charge is -2.17. The summed E-state index contributed by atoms with van der Waals surface area (Å²) in [5.41, 5.74) is 3.29. The molecule has 0 bridgehead atoms. The third kappa shape index (κ3) is 2.81. The molecule has 0 aliphatic heterocycles. The summed E-state index contributed by atoms with van der Waals surface area (Å²) < 4.78 is 27.6. The molecule has 0 saturated heterocycles. The maximum Gasteiger partial charge on any atom is 0.263 e. The van der Waals surface area contributed by atoms with Gasteiger partial charge in [0.1, 0.15) is 5.82 Å². The van der Waals surface area contributed by atoms with E-state index in [4.69, 9.17) is 0 Å². The molecule has 112 valence electrons. The van der Waals surface area contributed by atoms with Crippen LogP contribution in [0.2, 0.25) is 0 Å². The summed E-state index contributed by atoms with van der Waals surface area (Å²) in [7, 11) is -3.57. The topological polar surface area (TPSA) is 74.8 Å². The van der Waals surface area contributed by atoms with E-state index in [2.05, 4.69) is 14.9 Å². The van der Waals surface area contributed by atoms with Crippen LogP contribution in [0.1, 0.15) is 36.5 Å². The summed E-state index contributed by atoms with van der Waals surface area (Å²) in [6, 6.07) is 5.43. The lowest BCUT2D eigenvalue weighted by Crippen LogP contribution is -2.15. The van der Waals surface area contributed by atoms with Gasteiger partial charge >= 0.3 is 0 Å². The van der Waals surface area contributed by atoms with Gasteiger partial charge in [0.2, 0.25) is 0 Å². The van der Waals surface area contributed by atoms with Crippen LogP contribution in [0.3, 0.4) is 0 Å². The van der Waals surface area contributed by atoms with E-state index in [9.17, 15) is 8.42 Å². The molecule has 0 spiro atoms. The first-order valence-corrected chi connectivity index (χ1v) is 8.75. The Morgan fingerprint density at radius 2 is 2.00 bits per heavy atom. The molecule has 1 aliphatic rings. The molecule has 0 amide bonds. The van der Waals surface area contributed by atoms with Crippen molar-refractivity contribution in [1.82, 2.24) is 10.2 Å². The predicted molar refractivity (Wildman–Crippen MR) is 81.9 cm³/mol. The SMILES string of the molecule is CCc1cn[nH]c1NS(=O)(=O)c1ccc2c(c1)CCCC2. The van der Waals surface area contributed by atoms with Gasteiger partial charge in [-0.25, -0.2) is 8.42 Å². The van der Waals surface area contributed by atoms with E-state index in [0.29, 0.717) is 10.7 Å². The van der Waals surface area contributed by atoms with Crippen molar-refractivity contribution >= 4 is 15.8 Å². The van der Waals surface area contributed by atoms with E-state index in [1.54, 1.807) is 18.3 Å². The zero-order valence-electron chi connectivity index (χ0n) is 12.0. The number of hydrogen-bond donors (Lipinski definition) is 2. The Hall–Kier alpha value is -1.82. The largest absolute Gasteiger partial charge is 0.264 e. The first kappa shape index (κ1) is 14.1. The number of aromatic amines is 1. The number of aryl methyl sites for hydroxylation is 3. The highest BCUT2D eigenvalue weighted by molar-refractivity contribution is 7.92. The third-order valence-corrected chi connectivity index (χ3v) is 5.31. The number of fused-ring (bicyclic) bond motifs is 1. The number of anilines is 1. The maximum atomic E-state index is 12.5. The normalized spacial score (nSPS) is 14.7. The monoisotopic (exact) mass is 305 g/mol. The fraction of sp³-hybridized carbons (Fsp3) is 0.400. The predicted octanol–water partition coefficient (Wildman–Crippen LogP) is 2.65. The van der Waals surface area contributed by atoms with Crippen LogP contribution >= 0.6 is 0 Å². The van der Waals surface area contributed by atoms with Crippen LogP contribution in [0.5, 0.6) is 0 Å². The molecule has 1 heterocycles. The molecule has 0 atom stereocenters. The van der Waals surface area contributed by atoms with Crippen LogP contribution in [0.25, 0.3) is 0 Å². The smallest absolute Gasteiger partial charge is 0.263 e. The molecule has 1 aliphatic carbocycles. The number of benzene rings is 1. The van der Waals surface area contributed by atoms with E-state index >= 15 is 0 Å². The van der Waals surface area contributed by atoms with Crippen molar-refractivity contribution < 1.29 is 8.42 Å². The van der Waals surface area contributed by atoms with Gasteiger partial charge < -0.3 is 0 Å². The van der Waals surface area contributed by atoms with Crippen LogP contribution in [0, 0.1) is 0 Å². The summed E-state index contributed by atoms with van der Waals surface area (Å²) in [6.45, 7) is 1.96. The van der Waals surface area contributed by atoms with Gasteiger partial charge in [-0.3, -0.25) is 9.82 Å². The molecular formula is C15H19N3O2S. The molecule has 1 aromatic heterocycles. The van der Waals surface area contributed by atoms with E-state index in [-0.39, 0.29) is 0 Å². The average Bonchev–Trinajstić information content (AvgIpc) is 2.93. The van der Waals surface area contributed by atoms with Crippen molar-refractivity contribution in [2.45, 2.75) is 43.9 Å². The quantitative estimate of drug-likeness (QED) is 0.912. The number of rotatable bonds is 4. The Morgan fingerprint density at radius 3 is 2.76 bits per heavy atom. The lowest BCUT2D eigenvalue weighted by molar-refractivity contribution is 0.600. The van der Waals surface area contributed by atoms with E-state index in [1.165, 1.54) is 12.0 Å². The van der Waals surface area contributed by atoms with Gasteiger partial charge in [-0.2, -0.15) is 5.10 Å². The van der Waals surface area contributed by atoms with Crippen molar-refractivity contribution in [2.75, 3.05) is 4.72 Å². The second kappa shape index (κ2) is 5.52. The van der Waals surface area contributed by atoms with Gasteiger partial charge in [0.25, 0.3) is 10.0 Å². The van der Waals surface area contributed by atoms with Gasteiger partial charge in [0.05, 0.1) is 11.1 Å². The van der Waals surface area contributed by atoms with Crippen molar-refractivity contribution in [3.63, 3.8) is 0 Å². The Morgan fingerprint density at radius 1 is 1.24 bits per heavy atom. The highest BCUT2D eigenvalue weighted by Crippen LogP contribution is 2.25. The number of aromatic nitrogens is 2. The van der Waals surface area contributed by atoms with Gasteiger partial charge in [-0.15, -0.1) is 0 Å². The molecule has 5 nitrogen and oxygen atoms in total. The minimum atomic E-state index is -3.57. The molecule has 21 heavy (non-hydrogen) atoms. The van der Waals surface area contributed by atoms with Crippen LogP contribution < -0.4 is 4.72 Å². The molecule has 1 aromatic carbocycles. The summed E-state index contributed by atoms with van der Waals surface area (Å²) in [5.74, 6) is 0.454. The standard InChI is InChI=1S/C15H19N3O2S/c1-2-11-10-16-17-15(11)18-21(19,20)14-8-7-12-5-3-4-6-13(12)9-14/h7-10H,2-6H2,1H3,(H2,16,17,18). The first-order valence-electron chi connectivity index (χ1n) is 7.27. The summed E-state index contributed by atoms with van der Waals surface area (Å²) in [4.78, 5) is 0.319. The van der Waals surface area contributed by atoms with Crippen molar-refractivity contribution in [1.29, 1.82) is 0 Å². The molecule has 0 fully saturated rings. The maximum absolute atomic E-state index is 12.5. The summed E-state index contributed by atoms with van der Waals surface area (Å²) >= 11 is 0. The van der Waals surface area contributed by atoms with Crippen LogP contribution in [0.4, 0.5) is 5.82 Å². The average molecular weight is 305 g/mol. The van der Waals surface area contributed by atoms with E-state index in [0.717, 1.165) is 36.8 Å². The Bertz CT molecular complexity index is 750.